The van der Waals surface area contributed by atoms with Crippen molar-refractivity contribution in [2.24, 2.45) is 0 Å². The number of hydrogen-bond donors (Lipinski definition) is 4. The average molecular weight is 555 g/mol. The molecule has 0 aliphatic rings. The Labute approximate surface area is 237 Å². The first kappa shape index (κ1) is 23.7. The van der Waals surface area contributed by atoms with Gasteiger partial charge in [0.15, 0.2) is 34.5 Å². The molecule has 8 aromatic rings. The standard InChI is InChI=1S/C30H22N10O2/c1-15-23(17-13-19(21-9-5-11-41-21)33-29-24(17)27(31)35-37-29)26(39-40(15)16-7-3-2-4-8-16)18-14-20(22-10-6-12-42-22)34-30-25(18)28(32)36-38-30/h2-14H,1H3,(H3,31,33,35,37)(H3,32,34,36,38). The summed E-state index contributed by atoms with van der Waals surface area (Å²) in [7, 11) is 0. The zero-order valence-electron chi connectivity index (χ0n) is 22.2. The first-order valence-corrected chi connectivity index (χ1v) is 13.1. The van der Waals surface area contributed by atoms with E-state index in [9.17, 15) is 0 Å². The first-order valence-electron chi connectivity index (χ1n) is 13.1. The third kappa shape index (κ3) is 3.52. The molecule has 12 nitrogen and oxygen atoms in total. The summed E-state index contributed by atoms with van der Waals surface area (Å²) < 4.78 is 13.3. The second kappa shape index (κ2) is 8.93. The molecule has 0 unspecified atom stereocenters. The Morgan fingerprint density at radius 2 is 1.29 bits per heavy atom. The van der Waals surface area contributed by atoms with Gasteiger partial charge in [-0.25, -0.2) is 14.6 Å². The Hall–Kier alpha value is -6.17. The lowest BCUT2D eigenvalue weighted by Gasteiger charge is -2.10. The summed E-state index contributed by atoms with van der Waals surface area (Å²) in [5.74, 6) is 1.81. The fraction of sp³-hybridized carbons (Fsp3) is 0.0333. The van der Waals surface area contributed by atoms with Gasteiger partial charge in [-0.15, -0.1) is 0 Å². The lowest BCUT2D eigenvalue weighted by Crippen LogP contribution is -1.99. The van der Waals surface area contributed by atoms with Gasteiger partial charge >= 0.3 is 0 Å². The van der Waals surface area contributed by atoms with Crippen LogP contribution in [0.25, 0.3) is 73.0 Å². The van der Waals surface area contributed by atoms with Crippen molar-refractivity contribution in [3.63, 3.8) is 0 Å². The Balaban J connectivity index is 1.50. The van der Waals surface area contributed by atoms with Crippen LogP contribution >= 0.6 is 0 Å². The molecule has 1 aromatic carbocycles. The quantitative estimate of drug-likeness (QED) is 0.206. The van der Waals surface area contributed by atoms with E-state index in [1.807, 2.05) is 78.3 Å². The fourth-order valence-corrected chi connectivity index (χ4v) is 5.43. The van der Waals surface area contributed by atoms with Crippen LogP contribution in [0.3, 0.4) is 0 Å². The zero-order valence-corrected chi connectivity index (χ0v) is 22.2. The van der Waals surface area contributed by atoms with Crippen LogP contribution in [-0.2, 0) is 0 Å². The number of nitrogens with zero attached hydrogens (tertiary/aromatic N) is 6. The molecule has 0 fully saturated rings. The van der Waals surface area contributed by atoms with Crippen LogP contribution in [0, 0.1) is 6.92 Å². The van der Waals surface area contributed by atoms with E-state index in [1.165, 1.54) is 0 Å². The number of aromatic nitrogens is 8. The average Bonchev–Trinajstić information content (AvgIpc) is 3.85. The number of rotatable bonds is 5. The minimum absolute atomic E-state index is 0.301. The summed E-state index contributed by atoms with van der Waals surface area (Å²) in [5.41, 5.74) is 19.8. The lowest BCUT2D eigenvalue weighted by molar-refractivity contribution is 0.580. The molecule has 7 heterocycles. The highest BCUT2D eigenvalue weighted by Crippen LogP contribution is 2.44. The van der Waals surface area contributed by atoms with Gasteiger partial charge in [-0.2, -0.15) is 15.3 Å². The van der Waals surface area contributed by atoms with Gasteiger partial charge in [0.2, 0.25) is 0 Å². The number of anilines is 2. The van der Waals surface area contributed by atoms with Crippen molar-refractivity contribution >= 4 is 33.7 Å². The maximum absolute atomic E-state index is 6.44. The van der Waals surface area contributed by atoms with E-state index in [4.69, 9.17) is 35.4 Å². The van der Waals surface area contributed by atoms with Gasteiger partial charge in [-0.05, 0) is 55.5 Å². The maximum Gasteiger partial charge on any atom is 0.158 e. The summed E-state index contributed by atoms with van der Waals surface area (Å²) in [6.45, 7) is 2.01. The number of fused-ring (bicyclic) bond motifs is 2. The molecule has 0 aliphatic carbocycles. The number of nitrogens with one attached hydrogen (secondary N) is 2. The molecular weight excluding hydrogens is 532 g/mol. The van der Waals surface area contributed by atoms with E-state index in [0.717, 1.165) is 28.1 Å². The van der Waals surface area contributed by atoms with Crippen molar-refractivity contribution in [2.75, 3.05) is 11.5 Å². The highest BCUT2D eigenvalue weighted by atomic mass is 16.3. The van der Waals surface area contributed by atoms with Gasteiger partial charge in [-0.3, -0.25) is 10.2 Å². The van der Waals surface area contributed by atoms with Crippen molar-refractivity contribution in [3.05, 3.63) is 85.0 Å². The number of pyridine rings is 2. The number of hydrogen-bond acceptors (Lipinski definition) is 9. The Bertz CT molecular complexity index is 2220. The van der Waals surface area contributed by atoms with Crippen LogP contribution in [0.5, 0.6) is 0 Å². The third-order valence-corrected chi connectivity index (χ3v) is 7.30. The van der Waals surface area contributed by atoms with Crippen LogP contribution < -0.4 is 11.5 Å². The molecule has 0 radical (unpaired) electrons. The smallest absolute Gasteiger partial charge is 0.158 e. The molecule has 0 saturated heterocycles. The zero-order chi connectivity index (χ0) is 28.4. The second-order valence-electron chi connectivity index (χ2n) is 9.79. The highest BCUT2D eigenvalue weighted by Gasteiger charge is 2.27. The molecule has 42 heavy (non-hydrogen) atoms. The summed E-state index contributed by atoms with van der Waals surface area (Å²) in [6, 6.07) is 21.1. The molecule has 6 N–H and O–H groups in total. The second-order valence-corrected chi connectivity index (χ2v) is 9.79. The minimum atomic E-state index is 0.301. The number of nitrogen functional groups attached to an aromatic ring is 2. The number of furan rings is 2. The van der Waals surface area contributed by atoms with Crippen LogP contribution in [0.15, 0.2) is 88.1 Å². The Morgan fingerprint density at radius 3 is 1.86 bits per heavy atom. The summed E-state index contributed by atoms with van der Waals surface area (Å²) in [6.07, 6.45) is 3.21. The molecule has 0 spiro atoms. The van der Waals surface area contributed by atoms with Crippen LogP contribution in [0.4, 0.5) is 11.6 Å². The van der Waals surface area contributed by atoms with E-state index in [2.05, 4.69) is 20.4 Å². The van der Waals surface area contributed by atoms with Gasteiger partial charge in [0, 0.05) is 22.4 Å². The molecule has 12 heteroatoms. The van der Waals surface area contributed by atoms with Crippen LogP contribution in [0.2, 0.25) is 0 Å². The lowest BCUT2D eigenvalue weighted by atomic mass is 9.95. The maximum atomic E-state index is 6.44. The van der Waals surface area contributed by atoms with Crippen LogP contribution in [-0.4, -0.2) is 40.1 Å². The summed E-state index contributed by atoms with van der Waals surface area (Å²) in [4.78, 5) is 9.48. The molecule has 0 bridgehead atoms. The monoisotopic (exact) mass is 554 g/mol. The topological polar surface area (TPSA) is 179 Å². The van der Waals surface area contributed by atoms with E-state index in [0.29, 0.717) is 62.3 Å². The highest BCUT2D eigenvalue weighted by molar-refractivity contribution is 6.08. The van der Waals surface area contributed by atoms with E-state index < -0.39 is 0 Å². The van der Waals surface area contributed by atoms with E-state index in [-0.39, 0.29) is 0 Å². The van der Waals surface area contributed by atoms with Gasteiger partial charge in [0.05, 0.1) is 29.0 Å². The number of aromatic amines is 2. The van der Waals surface area contributed by atoms with Crippen molar-refractivity contribution in [2.45, 2.75) is 6.92 Å². The van der Waals surface area contributed by atoms with Gasteiger partial charge in [-0.1, -0.05) is 18.2 Å². The normalized spacial score (nSPS) is 11.6. The van der Waals surface area contributed by atoms with E-state index in [1.54, 1.807) is 12.5 Å². The predicted octanol–water partition coefficient (Wildman–Crippen LogP) is 5.74. The number of H-pyrrole nitrogens is 2. The molecule has 0 amide bonds. The van der Waals surface area contributed by atoms with Crippen molar-refractivity contribution in [1.82, 2.24) is 40.1 Å². The predicted molar refractivity (Wildman–Crippen MR) is 158 cm³/mol. The summed E-state index contributed by atoms with van der Waals surface area (Å²) >= 11 is 0. The molecule has 0 saturated carbocycles. The molecule has 0 aliphatic heterocycles. The molecular formula is C30H22N10O2. The SMILES string of the molecule is Cc1c(-c2cc(-c3ccco3)nc3[nH]nc(N)c23)c(-c2cc(-c3ccco3)nc3[nH]nc(N)c23)nn1-c1ccccc1. The Kier molecular flexibility index (Phi) is 5.04. The number of benzene rings is 1. The first-order chi connectivity index (χ1) is 20.6. The van der Waals surface area contributed by atoms with Crippen molar-refractivity contribution < 1.29 is 8.83 Å². The molecule has 8 rings (SSSR count). The fourth-order valence-electron chi connectivity index (χ4n) is 5.43. The van der Waals surface area contributed by atoms with E-state index >= 15 is 0 Å². The number of para-hydroxylation sites is 1. The Morgan fingerprint density at radius 1 is 0.714 bits per heavy atom. The van der Waals surface area contributed by atoms with Crippen molar-refractivity contribution in [1.29, 1.82) is 0 Å². The minimum Gasteiger partial charge on any atom is -0.463 e. The van der Waals surface area contributed by atoms with Gasteiger partial charge in [0.1, 0.15) is 17.1 Å². The van der Waals surface area contributed by atoms with Crippen molar-refractivity contribution in [3.8, 4) is 51.0 Å². The summed E-state index contributed by atoms with van der Waals surface area (Å²) in [5, 5.41) is 21.0. The van der Waals surface area contributed by atoms with Gasteiger partial charge < -0.3 is 20.3 Å². The van der Waals surface area contributed by atoms with Crippen LogP contribution in [0.1, 0.15) is 5.69 Å². The molecule has 204 valence electrons. The molecule has 7 aromatic heterocycles. The third-order valence-electron chi connectivity index (χ3n) is 7.30. The largest absolute Gasteiger partial charge is 0.463 e. The van der Waals surface area contributed by atoms with Gasteiger partial charge in [0.25, 0.3) is 0 Å². The molecule has 0 atom stereocenters. The number of nitrogens with two attached hydrogens (primary N) is 2.